The summed E-state index contributed by atoms with van der Waals surface area (Å²) in [7, 11) is 0. The normalized spacial score (nSPS) is 11.6. The highest BCUT2D eigenvalue weighted by Crippen LogP contribution is 2.31. The number of rotatable bonds is 6. The average Bonchev–Trinajstić information content (AvgIpc) is 2.90. The van der Waals surface area contributed by atoms with Crippen LogP contribution in [0.2, 0.25) is 0 Å². The molecule has 0 aliphatic heterocycles. The molecule has 0 bridgehead atoms. The van der Waals surface area contributed by atoms with Crippen molar-refractivity contribution in [1.29, 1.82) is 0 Å². The van der Waals surface area contributed by atoms with Gasteiger partial charge in [-0.15, -0.1) is 0 Å². The number of carbonyl (C=O) groups excluding carboxylic acids is 2. The zero-order valence-electron chi connectivity index (χ0n) is 23.3. The molecule has 0 aliphatic rings. The van der Waals surface area contributed by atoms with Gasteiger partial charge in [0.05, 0.1) is 11.1 Å². The molecular weight excluding hydrogens is 504 g/mol. The predicted octanol–water partition coefficient (Wildman–Crippen LogP) is 8.87. The lowest BCUT2D eigenvalue weighted by Gasteiger charge is -2.18. The molecule has 0 aliphatic carbocycles. The van der Waals surface area contributed by atoms with E-state index in [-0.39, 0.29) is 22.8 Å². The summed E-state index contributed by atoms with van der Waals surface area (Å²) in [6.07, 6.45) is 0. The van der Waals surface area contributed by atoms with Gasteiger partial charge in [0.1, 0.15) is 11.5 Å². The Bertz CT molecular complexity index is 1310. The van der Waals surface area contributed by atoms with Crippen molar-refractivity contribution in [1.82, 2.24) is 0 Å². The maximum atomic E-state index is 12.5. The van der Waals surface area contributed by atoms with Crippen LogP contribution in [0.3, 0.4) is 0 Å². The van der Waals surface area contributed by atoms with Gasteiger partial charge in [0.15, 0.2) is 0 Å². The molecule has 0 atom stereocenters. The van der Waals surface area contributed by atoms with Crippen molar-refractivity contribution in [2.75, 3.05) is 0 Å². The van der Waals surface area contributed by atoms with Gasteiger partial charge in [-0.05, 0) is 94.8 Å². The summed E-state index contributed by atoms with van der Waals surface area (Å²) in [4.78, 5) is 27.1. The Balaban J connectivity index is 1.31. The van der Waals surface area contributed by atoms with Crippen molar-refractivity contribution in [3.8, 4) is 11.5 Å². The number of carbonyl (C=O) groups is 2. The summed E-state index contributed by atoms with van der Waals surface area (Å²) < 4.78 is 11.1. The van der Waals surface area contributed by atoms with Crippen LogP contribution in [-0.4, -0.2) is 11.9 Å². The van der Waals surface area contributed by atoms with Crippen LogP contribution >= 0.6 is 11.8 Å². The molecule has 0 aromatic heterocycles. The number of benzene rings is 4. The van der Waals surface area contributed by atoms with E-state index in [9.17, 15) is 9.59 Å². The van der Waals surface area contributed by atoms with Crippen molar-refractivity contribution in [3.63, 3.8) is 0 Å². The Kier molecular flexibility index (Phi) is 8.31. The molecule has 4 aromatic rings. The molecule has 0 spiro atoms. The van der Waals surface area contributed by atoms with Crippen LogP contribution in [0.5, 0.6) is 11.5 Å². The minimum atomic E-state index is -0.383. The van der Waals surface area contributed by atoms with E-state index in [4.69, 9.17) is 9.47 Å². The SMILES string of the molecule is CC(C)(C)c1ccc(C(=O)Oc2ccc(Sc3ccc(OC(=O)c4ccc(C(C)(C)C)cc4)cc3)cc2)cc1. The second kappa shape index (κ2) is 11.5. The third-order valence-corrected chi connectivity index (χ3v) is 7.29. The topological polar surface area (TPSA) is 52.6 Å². The first-order valence-electron chi connectivity index (χ1n) is 12.9. The maximum absolute atomic E-state index is 12.5. The molecule has 0 N–H and O–H groups in total. The molecule has 0 radical (unpaired) electrons. The van der Waals surface area contributed by atoms with Crippen molar-refractivity contribution >= 4 is 23.7 Å². The van der Waals surface area contributed by atoms with Crippen LogP contribution in [0.4, 0.5) is 0 Å². The lowest BCUT2D eigenvalue weighted by atomic mass is 9.87. The Labute approximate surface area is 235 Å². The van der Waals surface area contributed by atoms with Gasteiger partial charge in [-0.3, -0.25) is 0 Å². The van der Waals surface area contributed by atoms with Gasteiger partial charge in [-0.1, -0.05) is 77.6 Å². The van der Waals surface area contributed by atoms with E-state index in [0.717, 1.165) is 20.9 Å². The van der Waals surface area contributed by atoms with Crippen LogP contribution < -0.4 is 9.47 Å². The molecule has 0 saturated heterocycles. The molecule has 4 aromatic carbocycles. The zero-order valence-corrected chi connectivity index (χ0v) is 24.1. The van der Waals surface area contributed by atoms with Gasteiger partial charge in [-0.2, -0.15) is 0 Å². The molecular formula is C34H34O4S. The molecule has 39 heavy (non-hydrogen) atoms. The van der Waals surface area contributed by atoms with Crippen LogP contribution in [0.15, 0.2) is 107 Å². The lowest BCUT2D eigenvalue weighted by molar-refractivity contribution is 0.0725. The zero-order chi connectivity index (χ0) is 28.2. The van der Waals surface area contributed by atoms with E-state index in [1.807, 2.05) is 48.5 Å². The van der Waals surface area contributed by atoms with Crippen LogP contribution in [-0.2, 0) is 10.8 Å². The fraction of sp³-hybridized carbons (Fsp3) is 0.235. The van der Waals surface area contributed by atoms with Crippen molar-refractivity contribution in [3.05, 3.63) is 119 Å². The third-order valence-electron chi connectivity index (χ3n) is 6.28. The van der Waals surface area contributed by atoms with E-state index < -0.39 is 0 Å². The third kappa shape index (κ3) is 7.61. The van der Waals surface area contributed by atoms with E-state index in [1.54, 1.807) is 60.3 Å². The Morgan fingerprint density at radius 2 is 0.795 bits per heavy atom. The summed E-state index contributed by atoms with van der Waals surface area (Å²) in [5.41, 5.74) is 3.42. The van der Waals surface area contributed by atoms with Crippen LogP contribution in [0.25, 0.3) is 0 Å². The van der Waals surface area contributed by atoms with Crippen LogP contribution in [0, 0.1) is 0 Å². The maximum Gasteiger partial charge on any atom is 0.343 e. The highest BCUT2D eigenvalue weighted by atomic mass is 32.2. The standard InChI is InChI=1S/C34H34O4S/c1-33(2,3)25-11-7-23(8-12-25)31(35)37-27-15-19-29(20-16-27)39-30-21-17-28(18-22-30)38-32(36)24-9-13-26(14-10-24)34(4,5)6/h7-22H,1-6H3. The number of ether oxygens (including phenoxy) is 2. The van der Waals surface area contributed by atoms with E-state index in [0.29, 0.717) is 22.6 Å². The molecule has 5 heteroatoms. The minimum Gasteiger partial charge on any atom is -0.423 e. The number of esters is 2. The molecule has 0 amide bonds. The summed E-state index contributed by atoms with van der Waals surface area (Å²) in [5, 5.41) is 0. The molecule has 4 rings (SSSR count). The highest BCUT2D eigenvalue weighted by molar-refractivity contribution is 7.99. The highest BCUT2D eigenvalue weighted by Gasteiger charge is 2.16. The fourth-order valence-electron chi connectivity index (χ4n) is 3.83. The molecule has 0 heterocycles. The quantitative estimate of drug-likeness (QED) is 0.181. The van der Waals surface area contributed by atoms with Gasteiger partial charge in [-0.25, -0.2) is 9.59 Å². The number of hydrogen-bond donors (Lipinski definition) is 0. The summed E-state index contributed by atoms with van der Waals surface area (Å²) in [5.74, 6) is 0.210. The van der Waals surface area contributed by atoms with Gasteiger partial charge in [0.2, 0.25) is 0 Å². The molecule has 4 nitrogen and oxygen atoms in total. The lowest BCUT2D eigenvalue weighted by Crippen LogP contribution is -2.12. The van der Waals surface area contributed by atoms with Gasteiger partial charge < -0.3 is 9.47 Å². The predicted molar refractivity (Wildman–Crippen MR) is 157 cm³/mol. The summed E-state index contributed by atoms with van der Waals surface area (Å²) in [6, 6.07) is 29.8. The smallest absolute Gasteiger partial charge is 0.343 e. The molecule has 0 saturated carbocycles. The Hall–Kier alpha value is -3.83. The first kappa shape index (κ1) is 28.2. The molecule has 200 valence electrons. The van der Waals surface area contributed by atoms with Crippen molar-refractivity contribution in [2.45, 2.75) is 62.2 Å². The summed E-state index contributed by atoms with van der Waals surface area (Å²) >= 11 is 1.56. The van der Waals surface area contributed by atoms with Gasteiger partial charge in [0.25, 0.3) is 0 Å². The van der Waals surface area contributed by atoms with Crippen LogP contribution in [0.1, 0.15) is 73.4 Å². The largest absolute Gasteiger partial charge is 0.423 e. The molecule has 0 unspecified atom stereocenters. The first-order chi connectivity index (χ1) is 18.4. The van der Waals surface area contributed by atoms with E-state index in [2.05, 4.69) is 41.5 Å². The monoisotopic (exact) mass is 538 g/mol. The van der Waals surface area contributed by atoms with Crippen molar-refractivity contribution in [2.24, 2.45) is 0 Å². The Morgan fingerprint density at radius 3 is 1.08 bits per heavy atom. The second-order valence-corrected chi connectivity index (χ2v) is 12.6. The van der Waals surface area contributed by atoms with Crippen molar-refractivity contribution < 1.29 is 19.1 Å². The Morgan fingerprint density at radius 1 is 0.487 bits per heavy atom. The number of hydrogen-bond acceptors (Lipinski definition) is 5. The van der Waals surface area contributed by atoms with E-state index in [1.165, 1.54) is 0 Å². The molecule has 0 fully saturated rings. The second-order valence-electron chi connectivity index (χ2n) is 11.5. The summed E-state index contributed by atoms with van der Waals surface area (Å²) in [6.45, 7) is 12.8. The minimum absolute atomic E-state index is 0.0274. The first-order valence-corrected chi connectivity index (χ1v) is 13.7. The van der Waals surface area contributed by atoms with E-state index >= 15 is 0 Å². The van der Waals surface area contributed by atoms with Gasteiger partial charge >= 0.3 is 11.9 Å². The van der Waals surface area contributed by atoms with Gasteiger partial charge in [0, 0.05) is 9.79 Å². The fourth-order valence-corrected chi connectivity index (χ4v) is 4.65. The average molecular weight is 539 g/mol.